The predicted molar refractivity (Wildman–Crippen MR) is 156 cm³/mol. The van der Waals surface area contributed by atoms with Crippen LogP contribution in [0.2, 0.25) is 0 Å². The van der Waals surface area contributed by atoms with E-state index in [1.54, 1.807) is 38.5 Å². The molecule has 0 unspecified atom stereocenters. The van der Waals surface area contributed by atoms with Crippen molar-refractivity contribution in [3.05, 3.63) is 70.8 Å². The van der Waals surface area contributed by atoms with Crippen molar-refractivity contribution in [1.29, 1.82) is 0 Å². The molecule has 2 saturated heterocycles. The number of nitrogens with zero attached hydrogens (tertiary/aromatic N) is 4. The van der Waals surface area contributed by atoms with Gasteiger partial charge in [0.2, 0.25) is 0 Å². The van der Waals surface area contributed by atoms with Crippen LogP contribution in [0.4, 0.5) is 11.4 Å². The molecule has 0 aromatic heterocycles. The predicted octanol–water partition coefficient (Wildman–Crippen LogP) is 4.72. The van der Waals surface area contributed by atoms with Crippen LogP contribution in [0.1, 0.15) is 44.7 Å². The Hall–Kier alpha value is -4.86. The minimum absolute atomic E-state index is 0.0364. The summed E-state index contributed by atoms with van der Waals surface area (Å²) in [4.78, 5) is 38.6. The third kappa shape index (κ3) is 4.52. The Bertz CT molecular complexity index is 1530. The normalized spacial score (nSPS) is 19.8. The Labute approximate surface area is 243 Å². The Kier molecular flexibility index (Phi) is 6.53. The van der Waals surface area contributed by atoms with Crippen molar-refractivity contribution in [2.75, 3.05) is 27.3 Å². The first kappa shape index (κ1) is 26.1. The maximum absolute atomic E-state index is 12.9. The topological polar surface area (TPSA) is 102 Å². The number of benzene rings is 3. The van der Waals surface area contributed by atoms with Crippen molar-refractivity contribution in [2.24, 2.45) is 9.98 Å². The lowest BCUT2D eigenvalue weighted by Crippen LogP contribution is -2.51. The van der Waals surface area contributed by atoms with Gasteiger partial charge in [-0.25, -0.2) is 0 Å². The van der Waals surface area contributed by atoms with E-state index in [1.165, 1.54) is 0 Å². The molecule has 0 aliphatic carbocycles. The smallest absolute Gasteiger partial charge is 0.256 e. The first-order valence-corrected chi connectivity index (χ1v) is 14.0. The van der Waals surface area contributed by atoms with E-state index in [2.05, 4.69) is 9.98 Å². The van der Waals surface area contributed by atoms with Crippen LogP contribution >= 0.6 is 0 Å². The van der Waals surface area contributed by atoms with E-state index in [1.807, 2.05) is 46.5 Å². The lowest BCUT2D eigenvalue weighted by Gasteiger charge is -2.37. The summed E-state index contributed by atoms with van der Waals surface area (Å²) in [6.45, 7) is 2.04. The Morgan fingerprint density at radius 1 is 0.690 bits per heavy atom. The Balaban J connectivity index is 1.06. The van der Waals surface area contributed by atoms with Crippen LogP contribution < -0.4 is 18.9 Å². The van der Waals surface area contributed by atoms with Gasteiger partial charge >= 0.3 is 0 Å². The molecule has 42 heavy (non-hydrogen) atoms. The zero-order valence-electron chi connectivity index (χ0n) is 23.4. The zero-order chi connectivity index (χ0) is 28.8. The first-order chi connectivity index (χ1) is 20.5. The SMILES string of the molecule is COc1cc2c(cc1OCc1cccc(COc3cc4c(cc3OC)C(=O)N3CC[C@H]3C=N4)c1)N=C[C@@H]1CCN1C2=O. The van der Waals surface area contributed by atoms with Gasteiger partial charge in [0.25, 0.3) is 11.8 Å². The number of fused-ring (bicyclic) bond motifs is 4. The van der Waals surface area contributed by atoms with Crippen LogP contribution in [0.25, 0.3) is 0 Å². The van der Waals surface area contributed by atoms with Crippen LogP contribution in [0, 0.1) is 0 Å². The number of rotatable bonds is 8. The molecule has 0 saturated carbocycles. The van der Waals surface area contributed by atoms with Crippen molar-refractivity contribution in [3.8, 4) is 23.0 Å². The average Bonchev–Trinajstić information content (AvgIpc) is 3.12. The quantitative estimate of drug-likeness (QED) is 0.391. The molecule has 3 aromatic rings. The van der Waals surface area contributed by atoms with Gasteiger partial charge in [0.15, 0.2) is 23.0 Å². The molecule has 4 heterocycles. The van der Waals surface area contributed by atoms with Gasteiger partial charge in [-0.05, 0) is 42.2 Å². The number of ether oxygens (including phenoxy) is 4. The third-order valence-corrected chi connectivity index (χ3v) is 8.23. The van der Waals surface area contributed by atoms with E-state index in [-0.39, 0.29) is 37.1 Å². The largest absolute Gasteiger partial charge is 0.493 e. The lowest BCUT2D eigenvalue weighted by atomic mass is 10.0. The number of hydrogen-bond acceptors (Lipinski definition) is 8. The van der Waals surface area contributed by atoms with Gasteiger partial charge in [0, 0.05) is 37.7 Å². The molecule has 4 aliphatic rings. The minimum atomic E-state index is -0.0364. The number of aliphatic imine (C=N–C) groups is 2. The molecule has 10 heteroatoms. The summed E-state index contributed by atoms with van der Waals surface area (Å²) >= 11 is 0. The van der Waals surface area contributed by atoms with E-state index in [0.717, 1.165) is 37.1 Å². The highest BCUT2D eigenvalue weighted by Gasteiger charge is 2.36. The second-order valence-electron chi connectivity index (χ2n) is 10.7. The highest BCUT2D eigenvalue weighted by atomic mass is 16.5. The van der Waals surface area contributed by atoms with Gasteiger partial charge in [0.05, 0.1) is 48.8 Å². The van der Waals surface area contributed by atoms with E-state index in [9.17, 15) is 9.59 Å². The summed E-state index contributed by atoms with van der Waals surface area (Å²) in [5.41, 5.74) is 4.07. The first-order valence-electron chi connectivity index (χ1n) is 14.0. The number of carbonyl (C=O) groups is 2. The maximum Gasteiger partial charge on any atom is 0.256 e. The van der Waals surface area contributed by atoms with Crippen LogP contribution in [-0.2, 0) is 13.2 Å². The van der Waals surface area contributed by atoms with Gasteiger partial charge in [-0.2, -0.15) is 0 Å². The van der Waals surface area contributed by atoms with Crippen LogP contribution in [-0.4, -0.2) is 73.4 Å². The van der Waals surface area contributed by atoms with E-state index < -0.39 is 0 Å². The van der Waals surface area contributed by atoms with Gasteiger partial charge in [0.1, 0.15) is 13.2 Å². The molecule has 2 atom stereocenters. The summed E-state index contributed by atoms with van der Waals surface area (Å²) in [5, 5.41) is 0. The molecule has 0 spiro atoms. The molecular formula is C32H30N4O6. The van der Waals surface area contributed by atoms with Crippen molar-refractivity contribution in [3.63, 3.8) is 0 Å². The standard InChI is InChI=1S/C32H30N4O6/c1-39-27-11-23-25(33-15-21-6-8-35(21)31(23)37)13-29(27)41-17-19-4-3-5-20(10-19)18-42-30-14-26-24(12-28(30)40-2)32(38)36-9-7-22(36)16-34-26/h3-5,10-16,21-22H,6-9,17-18H2,1-2H3/t21-,22-/m0/s1. The fourth-order valence-electron chi connectivity index (χ4n) is 5.60. The average molecular weight is 567 g/mol. The number of methoxy groups -OCH3 is 2. The number of carbonyl (C=O) groups excluding carboxylic acids is 2. The summed E-state index contributed by atoms with van der Waals surface area (Å²) in [7, 11) is 3.12. The third-order valence-electron chi connectivity index (χ3n) is 8.23. The van der Waals surface area contributed by atoms with Crippen molar-refractivity contribution in [2.45, 2.75) is 38.1 Å². The van der Waals surface area contributed by atoms with Crippen molar-refractivity contribution < 1.29 is 28.5 Å². The van der Waals surface area contributed by atoms with Crippen LogP contribution in [0.3, 0.4) is 0 Å². The number of hydrogen-bond donors (Lipinski definition) is 0. The van der Waals surface area contributed by atoms with Gasteiger partial charge in [-0.15, -0.1) is 0 Å². The monoisotopic (exact) mass is 566 g/mol. The zero-order valence-corrected chi connectivity index (χ0v) is 23.4. The molecule has 2 amide bonds. The Morgan fingerprint density at radius 3 is 1.57 bits per heavy atom. The minimum Gasteiger partial charge on any atom is -0.493 e. The van der Waals surface area contributed by atoms with E-state index in [4.69, 9.17) is 18.9 Å². The van der Waals surface area contributed by atoms with Crippen LogP contribution in [0.15, 0.2) is 58.5 Å². The molecule has 214 valence electrons. The van der Waals surface area contributed by atoms with Gasteiger partial charge in [-0.1, -0.05) is 18.2 Å². The maximum atomic E-state index is 12.9. The second-order valence-corrected chi connectivity index (χ2v) is 10.7. The fourth-order valence-corrected chi connectivity index (χ4v) is 5.60. The van der Waals surface area contributed by atoms with Crippen molar-refractivity contribution in [1.82, 2.24) is 9.80 Å². The van der Waals surface area contributed by atoms with E-state index in [0.29, 0.717) is 45.5 Å². The summed E-state index contributed by atoms with van der Waals surface area (Å²) < 4.78 is 23.4. The molecule has 2 fully saturated rings. The highest BCUT2D eigenvalue weighted by Crippen LogP contribution is 2.40. The van der Waals surface area contributed by atoms with Crippen LogP contribution in [0.5, 0.6) is 23.0 Å². The highest BCUT2D eigenvalue weighted by molar-refractivity contribution is 6.04. The van der Waals surface area contributed by atoms with Gasteiger partial charge in [-0.3, -0.25) is 19.6 Å². The summed E-state index contributed by atoms with van der Waals surface area (Å²) in [6, 6.07) is 15.0. The summed E-state index contributed by atoms with van der Waals surface area (Å²) in [6.07, 6.45) is 5.52. The molecular weight excluding hydrogens is 536 g/mol. The molecule has 0 bridgehead atoms. The summed E-state index contributed by atoms with van der Waals surface area (Å²) in [5.74, 6) is 1.92. The van der Waals surface area contributed by atoms with Gasteiger partial charge < -0.3 is 28.7 Å². The molecule has 10 nitrogen and oxygen atoms in total. The number of amides is 2. The molecule has 4 aliphatic heterocycles. The lowest BCUT2D eigenvalue weighted by molar-refractivity contribution is 0.0583. The van der Waals surface area contributed by atoms with Crippen molar-refractivity contribution >= 4 is 35.6 Å². The molecule has 0 N–H and O–H groups in total. The molecule has 3 aromatic carbocycles. The fraction of sp³-hybridized carbons (Fsp3) is 0.312. The second kappa shape index (κ2) is 10.5. The Morgan fingerprint density at radius 2 is 1.17 bits per heavy atom. The van der Waals surface area contributed by atoms with E-state index >= 15 is 0 Å². The molecule has 7 rings (SSSR count). The molecule has 0 radical (unpaired) electrons.